The predicted octanol–water partition coefficient (Wildman–Crippen LogP) is 2.52. The van der Waals surface area contributed by atoms with Crippen LogP contribution < -0.4 is 16.4 Å². The van der Waals surface area contributed by atoms with E-state index in [1.165, 1.54) is 39.2 Å². The van der Waals surface area contributed by atoms with Crippen molar-refractivity contribution in [3.63, 3.8) is 0 Å². The van der Waals surface area contributed by atoms with E-state index < -0.39 is 30.1 Å². The van der Waals surface area contributed by atoms with E-state index in [2.05, 4.69) is 10.6 Å². The zero-order valence-corrected chi connectivity index (χ0v) is 21.7. The van der Waals surface area contributed by atoms with Crippen LogP contribution in [0.2, 0.25) is 0 Å². The average Bonchev–Trinajstić information content (AvgIpc) is 3.29. The van der Waals surface area contributed by atoms with Gasteiger partial charge in [0.05, 0.1) is 13.2 Å². The molecule has 8 nitrogen and oxygen atoms in total. The van der Waals surface area contributed by atoms with Crippen molar-refractivity contribution in [3.8, 4) is 0 Å². The number of hydrogen-bond acceptors (Lipinski definition) is 6. The van der Waals surface area contributed by atoms with Gasteiger partial charge >= 0.3 is 5.97 Å². The Morgan fingerprint density at radius 2 is 1.53 bits per heavy atom. The summed E-state index contributed by atoms with van der Waals surface area (Å²) in [6.45, 7) is 7.36. The summed E-state index contributed by atoms with van der Waals surface area (Å²) in [5.41, 5.74) is 6.42. The molecule has 196 valence electrons. The Hall–Kier alpha value is -1.67. The van der Waals surface area contributed by atoms with Gasteiger partial charge in [-0.15, -0.1) is 0 Å². The van der Waals surface area contributed by atoms with Crippen molar-refractivity contribution in [2.75, 3.05) is 7.11 Å². The number of nitrogens with two attached hydrogens (primary N) is 1. The number of amides is 2. The second-order valence-corrected chi connectivity index (χ2v) is 11.1. The van der Waals surface area contributed by atoms with E-state index in [0.29, 0.717) is 12.3 Å². The van der Waals surface area contributed by atoms with Crippen molar-refractivity contribution in [3.05, 3.63) is 0 Å². The first-order valence-electron chi connectivity index (χ1n) is 13.2. The van der Waals surface area contributed by atoms with E-state index in [-0.39, 0.29) is 35.6 Å². The highest BCUT2D eigenvalue weighted by Gasteiger charge is 2.41. The Morgan fingerprint density at radius 3 is 2.09 bits per heavy atom. The molecule has 0 aromatic rings. The highest BCUT2D eigenvalue weighted by atomic mass is 16.5. The lowest BCUT2D eigenvalue weighted by molar-refractivity contribution is -0.147. The van der Waals surface area contributed by atoms with Gasteiger partial charge in [-0.2, -0.15) is 0 Å². The summed E-state index contributed by atoms with van der Waals surface area (Å²) < 4.78 is 4.81. The molecule has 0 saturated heterocycles. The topological polar surface area (TPSA) is 131 Å². The predicted molar refractivity (Wildman–Crippen MR) is 132 cm³/mol. The normalized spacial score (nSPS) is 25.0. The average molecular weight is 482 g/mol. The van der Waals surface area contributed by atoms with Crippen molar-refractivity contribution < 1.29 is 24.2 Å². The fourth-order valence-electron chi connectivity index (χ4n) is 5.65. The van der Waals surface area contributed by atoms with Crippen molar-refractivity contribution in [2.45, 2.75) is 110 Å². The number of esters is 1. The zero-order valence-electron chi connectivity index (χ0n) is 21.7. The molecule has 2 aliphatic carbocycles. The van der Waals surface area contributed by atoms with Crippen LogP contribution in [0, 0.1) is 29.6 Å². The third-order valence-corrected chi connectivity index (χ3v) is 7.78. The summed E-state index contributed by atoms with van der Waals surface area (Å²) >= 11 is 0. The van der Waals surface area contributed by atoms with Crippen LogP contribution in [-0.2, 0) is 19.1 Å². The molecule has 0 bridgehead atoms. The van der Waals surface area contributed by atoms with Gasteiger partial charge in [-0.3, -0.25) is 9.59 Å². The Labute approximate surface area is 205 Å². The highest BCUT2D eigenvalue weighted by molar-refractivity contribution is 5.91. The van der Waals surface area contributed by atoms with Crippen LogP contribution >= 0.6 is 0 Å². The second kappa shape index (κ2) is 13.4. The molecule has 4 unspecified atom stereocenters. The van der Waals surface area contributed by atoms with E-state index in [1.807, 2.05) is 27.7 Å². The number of aliphatic hydroxyl groups is 1. The van der Waals surface area contributed by atoms with Gasteiger partial charge in [-0.1, -0.05) is 66.2 Å². The third kappa shape index (κ3) is 7.67. The Bertz CT molecular complexity index is 677. The number of carbonyl (C=O) groups is 3. The summed E-state index contributed by atoms with van der Waals surface area (Å²) in [5, 5.41) is 16.7. The number of hydrogen-bond donors (Lipinski definition) is 4. The van der Waals surface area contributed by atoms with E-state index in [9.17, 15) is 19.5 Å². The summed E-state index contributed by atoms with van der Waals surface area (Å²) in [6.07, 6.45) is 8.44. The molecule has 5 N–H and O–H groups in total. The van der Waals surface area contributed by atoms with Crippen LogP contribution in [0.15, 0.2) is 0 Å². The third-order valence-electron chi connectivity index (χ3n) is 7.78. The summed E-state index contributed by atoms with van der Waals surface area (Å²) in [5.74, 6) is -1.48. The molecule has 0 spiro atoms. The van der Waals surface area contributed by atoms with Crippen LogP contribution in [0.3, 0.4) is 0 Å². The quantitative estimate of drug-likeness (QED) is 0.335. The molecule has 2 aliphatic rings. The minimum Gasteiger partial charge on any atom is -0.467 e. The van der Waals surface area contributed by atoms with Gasteiger partial charge in [0, 0.05) is 12.0 Å². The summed E-state index contributed by atoms with van der Waals surface area (Å²) in [7, 11) is 1.29. The number of nitrogens with one attached hydrogen (secondary N) is 2. The Morgan fingerprint density at radius 1 is 0.912 bits per heavy atom. The lowest BCUT2D eigenvalue weighted by atomic mass is 9.80. The van der Waals surface area contributed by atoms with Crippen LogP contribution in [0.4, 0.5) is 0 Å². The van der Waals surface area contributed by atoms with Gasteiger partial charge in [-0.05, 0) is 42.9 Å². The number of ether oxygens (including phenoxy) is 1. The maximum absolute atomic E-state index is 13.3. The van der Waals surface area contributed by atoms with Gasteiger partial charge in [-0.25, -0.2) is 4.79 Å². The van der Waals surface area contributed by atoms with Crippen molar-refractivity contribution in [2.24, 2.45) is 35.3 Å². The summed E-state index contributed by atoms with van der Waals surface area (Å²) in [6, 6.07) is -1.90. The van der Waals surface area contributed by atoms with Crippen molar-refractivity contribution >= 4 is 17.8 Å². The maximum atomic E-state index is 13.3. The van der Waals surface area contributed by atoms with Crippen LogP contribution in [0.1, 0.15) is 85.5 Å². The lowest BCUT2D eigenvalue weighted by Crippen LogP contribution is -2.56. The molecule has 2 amide bonds. The fraction of sp³-hybridized carbons (Fsp3) is 0.885. The van der Waals surface area contributed by atoms with E-state index in [1.54, 1.807) is 0 Å². The molecule has 2 saturated carbocycles. The van der Waals surface area contributed by atoms with E-state index in [0.717, 1.165) is 19.3 Å². The maximum Gasteiger partial charge on any atom is 0.328 e. The number of rotatable bonds is 11. The molecule has 6 atom stereocenters. The van der Waals surface area contributed by atoms with Crippen LogP contribution in [0.25, 0.3) is 0 Å². The fourth-order valence-corrected chi connectivity index (χ4v) is 5.65. The molecule has 34 heavy (non-hydrogen) atoms. The molecule has 0 aromatic heterocycles. The van der Waals surface area contributed by atoms with Gasteiger partial charge < -0.3 is 26.2 Å². The van der Waals surface area contributed by atoms with Gasteiger partial charge in [0.2, 0.25) is 11.8 Å². The largest absolute Gasteiger partial charge is 0.467 e. The molecule has 2 fully saturated rings. The Kier molecular flexibility index (Phi) is 11.3. The first-order chi connectivity index (χ1) is 16.1. The van der Waals surface area contributed by atoms with Gasteiger partial charge in [0.15, 0.2) is 0 Å². The number of aliphatic hydroxyl groups excluding tert-OH is 1. The first kappa shape index (κ1) is 28.6. The van der Waals surface area contributed by atoms with E-state index >= 15 is 0 Å². The SMILES string of the molecule is COC(=O)C(NC(=O)[C@H](NC(=O)C1CCCC1C(O)[C@@H](N)CC1CCCCC1)C(C)C)C(C)C. The highest BCUT2D eigenvalue weighted by Crippen LogP contribution is 2.37. The molecule has 0 aliphatic heterocycles. The van der Waals surface area contributed by atoms with Gasteiger partial charge in [0.25, 0.3) is 0 Å². The van der Waals surface area contributed by atoms with E-state index in [4.69, 9.17) is 10.5 Å². The lowest BCUT2D eigenvalue weighted by Gasteiger charge is -2.33. The first-order valence-corrected chi connectivity index (χ1v) is 13.2. The minimum atomic E-state index is -0.785. The molecule has 2 rings (SSSR count). The minimum absolute atomic E-state index is 0.153. The van der Waals surface area contributed by atoms with Gasteiger partial charge in [0.1, 0.15) is 12.1 Å². The number of methoxy groups -OCH3 is 1. The van der Waals surface area contributed by atoms with Crippen LogP contribution in [-0.4, -0.2) is 54.2 Å². The smallest absolute Gasteiger partial charge is 0.328 e. The monoisotopic (exact) mass is 481 g/mol. The Balaban J connectivity index is 2.02. The van der Waals surface area contributed by atoms with Crippen molar-refractivity contribution in [1.29, 1.82) is 0 Å². The van der Waals surface area contributed by atoms with Crippen molar-refractivity contribution in [1.82, 2.24) is 10.6 Å². The molecule has 0 heterocycles. The molecular weight excluding hydrogens is 434 g/mol. The molecular formula is C26H47N3O5. The standard InChI is InChI=1S/C26H47N3O5/c1-15(2)21(25(32)29-22(16(3)4)26(33)34-5)28-24(31)19-13-9-12-18(19)23(30)20(27)14-17-10-7-6-8-11-17/h15-23,30H,6-14,27H2,1-5H3,(H,28,31)(H,29,32)/t18?,19?,20-,21+,22?,23?/m0/s1. The summed E-state index contributed by atoms with van der Waals surface area (Å²) in [4.78, 5) is 38.4. The molecule has 8 heteroatoms. The second-order valence-electron chi connectivity index (χ2n) is 11.1. The zero-order chi connectivity index (χ0) is 25.4. The number of carbonyl (C=O) groups excluding carboxylic acids is 3. The van der Waals surface area contributed by atoms with Crippen LogP contribution in [0.5, 0.6) is 0 Å². The molecule has 0 aromatic carbocycles. The molecule has 0 radical (unpaired) electrons.